The summed E-state index contributed by atoms with van der Waals surface area (Å²) in [7, 11) is 0. The Balaban J connectivity index is 1.67. The third kappa shape index (κ3) is 4.43. The van der Waals surface area contributed by atoms with Crippen molar-refractivity contribution >= 4 is 0 Å². The minimum absolute atomic E-state index is 0.211. The zero-order valence-corrected chi connectivity index (χ0v) is 10.9. The van der Waals surface area contributed by atoms with Crippen LogP contribution in [0.2, 0.25) is 0 Å². The molecule has 1 aromatic carbocycles. The molecule has 2 rings (SSSR count). The summed E-state index contributed by atoms with van der Waals surface area (Å²) in [6.07, 6.45) is 0.936. The van der Waals surface area contributed by atoms with E-state index in [0.717, 1.165) is 17.1 Å². The van der Waals surface area contributed by atoms with Crippen LogP contribution >= 0.6 is 0 Å². The number of rotatable bonds is 7. The predicted octanol–water partition coefficient (Wildman–Crippen LogP) is 2.54. The second-order valence-electron chi connectivity index (χ2n) is 4.32. The number of para-hydroxylation sites is 1. The number of furan rings is 1. The van der Waals surface area contributed by atoms with E-state index in [1.807, 2.05) is 37.3 Å². The number of aliphatic hydroxyl groups excluding tert-OH is 1. The van der Waals surface area contributed by atoms with E-state index < -0.39 is 6.10 Å². The SMILES string of the molecule is Cc1ccccc1OCC(O)COCc1ccco1. The maximum atomic E-state index is 9.75. The third-order valence-electron chi connectivity index (χ3n) is 2.66. The molecule has 0 radical (unpaired) electrons. The van der Waals surface area contributed by atoms with Crippen LogP contribution in [0.25, 0.3) is 0 Å². The number of benzene rings is 1. The van der Waals surface area contributed by atoms with E-state index >= 15 is 0 Å². The number of ether oxygens (including phenoxy) is 2. The highest BCUT2D eigenvalue weighted by atomic mass is 16.5. The fourth-order valence-corrected chi connectivity index (χ4v) is 1.64. The molecule has 0 amide bonds. The Bertz CT molecular complexity index is 479. The zero-order valence-electron chi connectivity index (χ0n) is 10.9. The van der Waals surface area contributed by atoms with Gasteiger partial charge < -0.3 is 19.0 Å². The first-order valence-electron chi connectivity index (χ1n) is 6.22. The first kappa shape index (κ1) is 13.6. The zero-order chi connectivity index (χ0) is 13.5. The third-order valence-corrected chi connectivity index (χ3v) is 2.66. The molecule has 19 heavy (non-hydrogen) atoms. The van der Waals surface area contributed by atoms with Gasteiger partial charge in [-0.3, -0.25) is 0 Å². The van der Waals surface area contributed by atoms with Crippen LogP contribution in [-0.4, -0.2) is 24.4 Å². The number of aryl methyl sites for hydroxylation is 1. The molecule has 0 saturated heterocycles. The first-order valence-corrected chi connectivity index (χ1v) is 6.22. The Morgan fingerprint density at radius 1 is 1.16 bits per heavy atom. The highest BCUT2D eigenvalue weighted by Gasteiger charge is 2.07. The molecule has 0 bridgehead atoms. The van der Waals surface area contributed by atoms with Crippen LogP contribution in [-0.2, 0) is 11.3 Å². The molecule has 0 aliphatic carbocycles. The lowest BCUT2D eigenvalue weighted by molar-refractivity contribution is 0.000776. The van der Waals surface area contributed by atoms with Gasteiger partial charge in [-0.15, -0.1) is 0 Å². The van der Waals surface area contributed by atoms with Gasteiger partial charge in [0.05, 0.1) is 12.9 Å². The van der Waals surface area contributed by atoms with E-state index in [2.05, 4.69) is 0 Å². The van der Waals surface area contributed by atoms with Crippen molar-refractivity contribution in [3.8, 4) is 5.75 Å². The van der Waals surface area contributed by atoms with Gasteiger partial charge >= 0.3 is 0 Å². The van der Waals surface area contributed by atoms with Crippen LogP contribution in [0.5, 0.6) is 5.75 Å². The van der Waals surface area contributed by atoms with Crippen LogP contribution in [0, 0.1) is 6.92 Å². The van der Waals surface area contributed by atoms with E-state index in [0.29, 0.717) is 6.61 Å². The lowest BCUT2D eigenvalue weighted by Gasteiger charge is -2.13. The topological polar surface area (TPSA) is 51.8 Å². The second-order valence-corrected chi connectivity index (χ2v) is 4.32. The van der Waals surface area contributed by atoms with E-state index in [1.54, 1.807) is 12.3 Å². The van der Waals surface area contributed by atoms with Crippen molar-refractivity contribution in [2.75, 3.05) is 13.2 Å². The second kappa shape index (κ2) is 6.97. The van der Waals surface area contributed by atoms with Crippen LogP contribution in [0.15, 0.2) is 47.1 Å². The molecule has 1 unspecified atom stereocenters. The monoisotopic (exact) mass is 262 g/mol. The van der Waals surface area contributed by atoms with Gasteiger partial charge in [-0.1, -0.05) is 18.2 Å². The summed E-state index contributed by atoms with van der Waals surface area (Å²) in [6, 6.07) is 11.3. The molecule has 0 spiro atoms. The average Bonchev–Trinajstić information content (AvgIpc) is 2.91. The van der Waals surface area contributed by atoms with Crippen molar-refractivity contribution in [3.05, 3.63) is 54.0 Å². The summed E-state index contributed by atoms with van der Waals surface area (Å²) in [5.41, 5.74) is 1.05. The number of hydrogen-bond donors (Lipinski definition) is 1. The first-order chi connectivity index (χ1) is 9.25. The Kier molecular flexibility index (Phi) is 5.01. The van der Waals surface area contributed by atoms with Gasteiger partial charge in [0.25, 0.3) is 0 Å². The lowest BCUT2D eigenvalue weighted by atomic mass is 10.2. The van der Waals surface area contributed by atoms with Crippen molar-refractivity contribution < 1.29 is 19.0 Å². The average molecular weight is 262 g/mol. The summed E-state index contributed by atoms with van der Waals surface area (Å²) in [4.78, 5) is 0. The van der Waals surface area contributed by atoms with Crippen molar-refractivity contribution in [1.29, 1.82) is 0 Å². The number of aliphatic hydroxyl groups is 1. The van der Waals surface area contributed by atoms with Crippen molar-refractivity contribution in [1.82, 2.24) is 0 Å². The van der Waals surface area contributed by atoms with Crippen molar-refractivity contribution in [3.63, 3.8) is 0 Å². The summed E-state index contributed by atoms with van der Waals surface area (Å²) in [5, 5.41) is 9.75. The fourth-order valence-electron chi connectivity index (χ4n) is 1.64. The van der Waals surface area contributed by atoms with Gasteiger partial charge in [0.15, 0.2) is 0 Å². The van der Waals surface area contributed by atoms with Crippen molar-refractivity contribution in [2.45, 2.75) is 19.6 Å². The molecule has 1 atom stereocenters. The van der Waals surface area contributed by atoms with Gasteiger partial charge in [0, 0.05) is 0 Å². The quantitative estimate of drug-likeness (QED) is 0.833. The maximum absolute atomic E-state index is 9.75. The Hall–Kier alpha value is -1.78. The molecule has 4 nitrogen and oxygen atoms in total. The molecule has 0 fully saturated rings. The van der Waals surface area contributed by atoms with Gasteiger partial charge in [-0.2, -0.15) is 0 Å². The molecular weight excluding hydrogens is 244 g/mol. The molecule has 1 heterocycles. The number of hydrogen-bond acceptors (Lipinski definition) is 4. The Morgan fingerprint density at radius 2 is 2.00 bits per heavy atom. The predicted molar refractivity (Wildman–Crippen MR) is 71.0 cm³/mol. The van der Waals surface area contributed by atoms with E-state index in [4.69, 9.17) is 13.9 Å². The fraction of sp³-hybridized carbons (Fsp3) is 0.333. The molecule has 1 N–H and O–H groups in total. The summed E-state index contributed by atoms with van der Waals surface area (Å²) in [5.74, 6) is 1.53. The van der Waals surface area contributed by atoms with E-state index in [1.165, 1.54) is 0 Å². The van der Waals surface area contributed by atoms with Crippen LogP contribution in [0.4, 0.5) is 0 Å². The molecule has 1 aromatic heterocycles. The van der Waals surface area contributed by atoms with Gasteiger partial charge in [0.1, 0.15) is 30.8 Å². The summed E-state index contributed by atoms with van der Waals surface area (Å²) >= 11 is 0. The Labute approximate surface area is 112 Å². The van der Waals surface area contributed by atoms with Crippen LogP contribution in [0.1, 0.15) is 11.3 Å². The molecule has 102 valence electrons. The molecule has 2 aromatic rings. The molecular formula is C15H18O4. The van der Waals surface area contributed by atoms with Crippen LogP contribution < -0.4 is 4.74 Å². The Morgan fingerprint density at radius 3 is 2.74 bits per heavy atom. The minimum atomic E-state index is -0.658. The largest absolute Gasteiger partial charge is 0.491 e. The minimum Gasteiger partial charge on any atom is -0.491 e. The normalized spacial score (nSPS) is 12.3. The highest BCUT2D eigenvalue weighted by Crippen LogP contribution is 2.16. The molecule has 4 heteroatoms. The standard InChI is InChI=1S/C15H18O4/c1-12-5-2-3-7-15(12)19-10-13(16)9-17-11-14-6-4-8-18-14/h2-8,13,16H,9-11H2,1H3. The molecule has 0 saturated carbocycles. The van der Waals surface area contributed by atoms with Crippen LogP contribution in [0.3, 0.4) is 0 Å². The summed E-state index contributed by atoms with van der Waals surface area (Å²) < 4.78 is 16.0. The van der Waals surface area contributed by atoms with Gasteiger partial charge in [-0.25, -0.2) is 0 Å². The van der Waals surface area contributed by atoms with Crippen molar-refractivity contribution in [2.24, 2.45) is 0 Å². The molecule has 0 aliphatic heterocycles. The van der Waals surface area contributed by atoms with E-state index in [9.17, 15) is 5.11 Å². The van der Waals surface area contributed by atoms with E-state index in [-0.39, 0.29) is 13.2 Å². The smallest absolute Gasteiger partial charge is 0.129 e. The van der Waals surface area contributed by atoms with Gasteiger partial charge in [-0.05, 0) is 30.7 Å². The summed E-state index contributed by atoms with van der Waals surface area (Å²) in [6.45, 7) is 2.75. The lowest BCUT2D eigenvalue weighted by Crippen LogP contribution is -2.23. The molecule has 0 aliphatic rings. The van der Waals surface area contributed by atoms with Gasteiger partial charge in [0.2, 0.25) is 0 Å². The highest BCUT2D eigenvalue weighted by molar-refractivity contribution is 5.31. The maximum Gasteiger partial charge on any atom is 0.129 e.